The maximum Gasteiger partial charge on any atom is 0.335 e. The summed E-state index contributed by atoms with van der Waals surface area (Å²) in [5, 5.41) is 9.08. The summed E-state index contributed by atoms with van der Waals surface area (Å²) in [7, 11) is 0. The molecule has 1 fully saturated rings. The molecule has 5 heteroatoms. The van der Waals surface area contributed by atoms with Gasteiger partial charge in [0, 0.05) is 22.6 Å². The van der Waals surface area contributed by atoms with Crippen LogP contribution in [0, 0.1) is 5.92 Å². The van der Waals surface area contributed by atoms with Crippen LogP contribution in [0.4, 0.5) is 0 Å². The lowest BCUT2D eigenvalue weighted by atomic mass is 10.1. The van der Waals surface area contributed by atoms with E-state index in [0.717, 1.165) is 19.4 Å². The molecule has 1 N–H and O–H groups in total. The summed E-state index contributed by atoms with van der Waals surface area (Å²) in [6, 6.07) is 4.89. The molecule has 1 aliphatic rings. The van der Waals surface area contributed by atoms with E-state index in [1.807, 2.05) is 4.90 Å². The Bertz CT molecular complexity index is 544. The molecule has 0 aromatic heterocycles. The number of carbonyl (C=O) groups excluding carboxylic acids is 1. The van der Waals surface area contributed by atoms with Crippen molar-refractivity contribution in [2.24, 2.45) is 5.92 Å². The SMILES string of the molecule is CCC1CC(C)CN1C(=O)c1cc(Br)cc(C(=O)O)c1. The molecule has 0 spiro atoms. The Morgan fingerprint density at radius 1 is 1.35 bits per heavy atom. The molecule has 4 nitrogen and oxygen atoms in total. The summed E-state index contributed by atoms with van der Waals surface area (Å²) in [6.45, 7) is 4.96. The number of halogens is 1. The summed E-state index contributed by atoms with van der Waals surface area (Å²) >= 11 is 3.27. The topological polar surface area (TPSA) is 57.6 Å². The number of nitrogens with zero attached hydrogens (tertiary/aromatic N) is 1. The molecule has 0 radical (unpaired) electrons. The highest BCUT2D eigenvalue weighted by Gasteiger charge is 2.32. The minimum absolute atomic E-state index is 0.0787. The van der Waals surface area contributed by atoms with E-state index in [1.54, 1.807) is 6.07 Å². The van der Waals surface area contributed by atoms with Crippen molar-refractivity contribution in [2.45, 2.75) is 32.7 Å². The molecular weight excluding hydrogens is 322 g/mol. The van der Waals surface area contributed by atoms with E-state index in [0.29, 0.717) is 16.0 Å². The van der Waals surface area contributed by atoms with Crippen molar-refractivity contribution in [3.63, 3.8) is 0 Å². The van der Waals surface area contributed by atoms with Crippen LogP contribution in [0.5, 0.6) is 0 Å². The maximum atomic E-state index is 12.6. The second-order valence-electron chi connectivity index (χ2n) is 5.39. The first-order valence-corrected chi connectivity index (χ1v) is 7.56. The third-order valence-electron chi connectivity index (χ3n) is 3.75. The van der Waals surface area contributed by atoms with E-state index >= 15 is 0 Å². The molecule has 1 saturated heterocycles. The minimum Gasteiger partial charge on any atom is -0.478 e. The molecule has 0 bridgehead atoms. The monoisotopic (exact) mass is 339 g/mol. The number of carbonyl (C=O) groups is 2. The third kappa shape index (κ3) is 3.03. The lowest BCUT2D eigenvalue weighted by Gasteiger charge is -2.24. The number of benzene rings is 1. The molecule has 2 rings (SSSR count). The highest BCUT2D eigenvalue weighted by atomic mass is 79.9. The first-order valence-electron chi connectivity index (χ1n) is 6.77. The highest BCUT2D eigenvalue weighted by molar-refractivity contribution is 9.10. The van der Waals surface area contributed by atoms with Crippen LogP contribution < -0.4 is 0 Å². The number of likely N-dealkylation sites (tertiary alicyclic amines) is 1. The lowest BCUT2D eigenvalue weighted by molar-refractivity contribution is 0.0697. The Morgan fingerprint density at radius 3 is 2.60 bits per heavy atom. The normalized spacial score (nSPS) is 22.1. The van der Waals surface area contributed by atoms with Gasteiger partial charge in [0.2, 0.25) is 0 Å². The second-order valence-corrected chi connectivity index (χ2v) is 6.31. The number of amides is 1. The van der Waals surface area contributed by atoms with Gasteiger partial charge in [0.05, 0.1) is 5.56 Å². The zero-order valence-electron chi connectivity index (χ0n) is 11.6. The number of carboxylic acids is 1. The van der Waals surface area contributed by atoms with Crippen LogP contribution >= 0.6 is 15.9 Å². The van der Waals surface area contributed by atoms with E-state index < -0.39 is 5.97 Å². The molecule has 1 heterocycles. The van der Waals surface area contributed by atoms with Gasteiger partial charge < -0.3 is 10.0 Å². The summed E-state index contributed by atoms with van der Waals surface area (Å²) < 4.78 is 0.612. The quantitative estimate of drug-likeness (QED) is 0.917. The minimum atomic E-state index is -1.03. The average Bonchev–Trinajstić information content (AvgIpc) is 2.78. The highest BCUT2D eigenvalue weighted by Crippen LogP contribution is 2.27. The predicted octanol–water partition coefficient (Wildman–Crippen LogP) is 3.41. The van der Waals surface area contributed by atoms with Gasteiger partial charge in [0.15, 0.2) is 0 Å². The van der Waals surface area contributed by atoms with Gasteiger partial charge in [-0.15, -0.1) is 0 Å². The molecular formula is C15H18BrNO3. The van der Waals surface area contributed by atoms with Crippen molar-refractivity contribution in [3.05, 3.63) is 33.8 Å². The first-order chi connectivity index (χ1) is 9.42. The first kappa shape index (κ1) is 15.0. The summed E-state index contributed by atoms with van der Waals surface area (Å²) in [6.07, 6.45) is 1.94. The molecule has 1 aromatic carbocycles. The number of hydrogen-bond acceptors (Lipinski definition) is 2. The second kappa shape index (κ2) is 5.95. The summed E-state index contributed by atoms with van der Waals surface area (Å²) in [5.74, 6) is -0.609. The van der Waals surface area contributed by atoms with E-state index in [-0.39, 0.29) is 17.5 Å². The van der Waals surface area contributed by atoms with E-state index in [9.17, 15) is 9.59 Å². The summed E-state index contributed by atoms with van der Waals surface area (Å²) in [4.78, 5) is 25.6. The van der Waals surface area contributed by atoms with Crippen molar-refractivity contribution < 1.29 is 14.7 Å². The van der Waals surface area contributed by atoms with Crippen molar-refractivity contribution >= 4 is 27.8 Å². The fraction of sp³-hybridized carbons (Fsp3) is 0.467. The van der Waals surface area contributed by atoms with Crippen molar-refractivity contribution in [1.82, 2.24) is 4.90 Å². The maximum absolute atomic E-state index is 12.6. The van der Waals surface area contributed by atoms with Crippen molar-refractivity contribution in [1.29, 1.82) is 0 Å². The van der Waals surface area contributed by atoms with Gasteiger partial charge in [0.25, 0.3) is 5.91 Å². The molecule has 2 atom stereocenters. The Labute approximate surface area is 126 Å². The molecule has 20 heavy (non-hydrogen) atoms. The van der Waals surface area contributed by atoms with Gasteiger partial charge in [-0.2, -0.15) is 0 Å². The van der Waals surface area contributed by atoms with E-state index in [4.69, 9.17) is 5.11 Å². The van der Waals surface area contributed by atoms with Crippen LogP contribution in [0.25, 0.3) is 0 Å². The number of aromatic carboxylic acids is 1. The van der Waals surface area contributed by atoms with Crippen LogP contribution in [0.15, 0.2) is 22.7 Å². The molecule has 1 aromatic rings. The molecule has 1 aliphatic heterocycles. The van der Waals surface area contributed by atoms with E-state index in [1.165, 1.54) is 12.1 Å². The smallest absolute Gasteiger partial charge is 0.335 e. The Morgan fingerprint density at radius 2 is 2.00 bits per heavy atom. The van der Waals surface area contributed by atoms with Crippen molar-refractivity contribution in [3.8, 4) is 0 Å². The van der Waals surface area contributed by atoms with Gasteiger partial charge in [-0.3, -0.25) is 4.79 Å². The number of rotatable bonds is 3. The fourth-order valence-corrected chi connectivity index (χ4v) is 3.28. The van der Waals surface area contributed by atoms with Crippen LogP contribution in [-0.4, -0.2) is 34.5 Å². The summed E-state index contributed by atoms with van der Waals surface area (Å²) in [5.41, 5.74) is 0.562. The average molecular weight is 340 g/mol. The van der Waals surface area contributed by atoms with Crippen LogP contribution in [-0.2, 0) is 0 Å². The number of hydrogen-bond donors (Lipinski definition) is 1. The van der Waals surface area contributed by atoms with Crippen molar-refractivity contribution in [2.75, 3.05) is 6.54 Å². The molecule has 1 amide bonds. The van der Waals surface area contributed by atoms with Gasteiger partial charge in [-0.1, -0.05) is 29.8 Å². The lowest BCUT2D eigenvalue weighted by Crippen LogP contribution is -2.35. The van der Waals surface area contributed by atoms with Gasteiger partial charge in [-0.05, 0) is 37.0 Å². The fourth-order valence-electron chi connectivity index (χ4n) is 2.79. The van der Waals surface area contributed by atoms with Gasteiger partial charge in [0.1, 0.15) is 0 Å². The Hall–Kier alpha value is -1.36. The largest absolute Gasteiger partial charge is 0.478 e. The molecule has 0 aliphatic carbocycles. The predicted molar refractivity (Wildman–Crippen MR) is 80.0 cm³/mol. The third-order valence-corrected chi connectivity index (χ3v) is 4.21. The van der Waals surface area contributed by atoms with Crippen LogP contribution in [0.2, 0.25) is 0 Å². The number of carboxylic acid groups (broad SMARTS) is 1. The van der Waals surface area contributed by atoms with E-state index in [2.05, 4.69) is 29.8 Å². The van der Waals surface area contributed by atoms with Gasteiger partial charge in [-0.25, -0.2) is 4.79 Å². The van der Waals surface area contributed by atoms with Crippen LogP contribution in [0.3, 0.4) is 0 Å². The zero-order valence-corrected chi connectivity index (χ0v) is 13.2. The Kier molecular flexibility index (Phi) is 4.48. The standard InChI is InChI=1S/C15H18BrNO3/c1-3-13-4-9(2)8-17(13)14(18)10-5-11(15(19)20)7-12(16)6-10/h5-7,9,13H,3-4,8H2,1-2H3,(H,19,20). The van der Waals surface area contributed by atoms with Gasteiger partial charge >= 0.3 is 5.97 Å². The molecule has 108 valence electrons. The van der Waals surface area contributed by atoms with Crippen LogP contribution in [0.1, 0.15) is 47.4 Å². The molecule has 0 saturated carbocycles. The Balaban J connectivity index is 2.31. The zero-order chi connectivity index (χ0) is 14.9. The molecule has 2 unspecified atom stereocenters.